The lowest BCUT2D eigenvalue weighted by atomic mass is 9.90. The number of esters is 2. The van der Waals surface area contributed by atoms with Crippen molar-refractivity contribution >= 4 is 22.8 Å². The number of β-amino-alcohol motifs (C(OH)–C–C–N with tert-alkyl or cyclic N) is 1. The van der Waals surface area contributed by atoms with Gasteiger partial charge in [0.15, 0.2) is 11.5 Å². The number of likely N-dealkylation sites (tertiary alicyclic amines) is 1. The smallest absolute Gasteiger partial charge is 0.422 e. The van der Waals surface area contributed by atoms with Crippen LogP contribution in [0, 0.1) is 0 Å². The molecule has 0 aliphatic carbocycles. The van der Waals surface area contributed by atoms with E-state index in [0.29, 0.717) is 48.6 Å². The second-order valence-electron chi connectivity index (χ2n) is 14.0. The zero-order chi connectivity index (χ0) is 40.6. The molecule has 5 aromatic rings. The lowest BCUT2D eigenvalue weighted by molar-refractivity contribution is -0.272. The third kappa shape index (κ3) is 9.72. The number of fused-ring (bicyclic) bond motifs is 1. The van der Waals surface area contributed by atoms with Crippen LogP contribution in [0.1, 0.15) is 58.8 Å². The van der Waals surface area contributed by atoms with Crippen molar-refractivity contribution in [2.45, 2.75) is 63.6 Å². The third-order valence-corrected chi connectivity index (χ3v) is 10.2. The first kappa shape index (κ1) is 41.1. The number of carbonyl (C=O) groups is 2. The van der Waals surface area contributed by atoms with Crippen molar-refractivity contribution in [3.05, 3.63) is 125 Å². The Morgan fingerprint density at radius 2 is 1.46 bits per heavy atom. The molecule has 1 atom stereocenters. The summed E-state index contributed by atoms with van der Waals surface area (Å²) in [6, 6.07) is 26.3. The number of hydrogen-bond acceptors (Lipinski definition) is 9. The van der Waals surface area contributed by atoms with Crippen molar-refractivity contribution in [3.8, 4) is 17.2 Å². The van der Waals surface area contributed by atoms with E-state index < -0.39 is 24.3 Å². The second-order valence-corrected chi connectivity index (χ2v) is 14.0. The number of carbonyl (C=O) groups excluding carboxylic acids is 2. The van der Waals surface area contributed by atoms with Gasteiger partial charge in [0.1, 0.15) is 12.7 Å². The van der Waals surface area contributed by atoms with Crippen LogP contribution in [0.3, 0.4) is 0 Å². The summed E-state index contributed by atoms with van der Waals surface area (Å²) in [4.78, 5) is 26.7. The molecule has 13 heteroatoms. The monoisotopic (exact) mass is 788 g/mol. The summed E-state index contributed by atoms with van der Waals surface area (Å²) < 4.78 is 75.5. The molecular formula is C44H47F3N2O8. The van der Waals surface area contributed by atoms with E-state index in [1.807, 2.05) is 60.7 Å². The van der Waals surface area contributed by atoms with Gasteiger partial charge >= 0.3 is 18.1 Å². The van der Waals surface area contributed by atoms with Crippen molar-refractivity contribution in [1.82, 2.24) is 9.47 Å². The highest BCUT2D eigenvalue weighted by atomic mass is 19.4. The Bertz CT molecular complexity index is 2110. The van der Waals surface area contributed by atoms with Gasteiger partial charge in [-0.2, -0.15) is 13.2 Å². The number of hydrogen-bond donors (Lipinski definition) is 1. The van der Waals surface area contributed by atoms with Gasteiger partial charge in [-0.3, -0.25) is 9.69 Å². The van der Waals surface area contributed by atoms with Crippen LogP contribution in [0.5, 0.6) is 17.2 Å². The molecule has 2 heterocycles. The first-order valence-corrected chi connectivity index (χ1v) is 18.9. The zero-order valence-electron chi connectivity index (χ0n) is 32.2. The van der Waals surface area contributed by atoms with E-state index in [0.717, 1.165) is 16.7 Å². The number of methoxy groups -OCH3 is 2. The largest absolute Gasteiger partial charge is 0.493 e. The van der Waals surface area contributed by atoms with Crippen molar-refractivity contribution in [1.29, 1.82) is 0 Å². The fourth-order valence-corrected chi connectivity index (χ4v) is 7.14. The maximum Gasteiger partial charge on any atom is 0.422 e. The second kappa shape index (κ2) is 18.2. The normalized spacial score (nSPS) is 14.9. The van der Waals surface area contributed by atoms with Crippen LogP contribution in [-0.4, -0.2) is 79.3 Å². The molecule has 302 valence electrons. The number of aromatic nitrogens is 1. The minimum atomic E-state index is -5.05. The minimum Gasteiger partial charge on any atom is -0.493 e. The molecule has 1 aromatic heterocycles. The predicted molar refractivity (Wildman–Crippen MR) is 208 cm³/mol. The van der Waals surface area contributed by atoms with Crippen molar-refractivity contribution < 1.29 is 51.6 Å². The van der Waals surface area contributed by atoms with E-state index in [1.165, 1.54) is 38.6 Å². The summed E-state index contributed by atoms with van der Waals surface area (Å²) >= 11 is 0. The Balaban J connectivity index is 1.22. The molecule has 1 unspecified atom stereocenters. The van der Waals surface area contributed by atoms with Gasteiger partial charge in [-0.1, -0.05) is 66.7 Å². The molecule has 4 aromatic carbocycles. The number of benzene rings is 4. The van der Waals surface area contributed by atoms with Gasteiger partial charge in [0, 0.05) is 55.3 Å². The zero-order valence-corrected chi connectivity index (χ0v) is 32.2. The molecule has 1 saturated heterocycles. The average Bonchev–Trinajstić information content (AvgIpc) is 3.58. The Hall–Kier alpha value is -5.53. The number of halogens is 3. The van der Waals surface area contributed by atoms with E-state index in [2.05, 4.69) is 0 Å². The van der Waals surface area contributed by atoms with Gasteiger partial charge in [-0.25, -0.2) is 4.79 Å². The Labute approximate surface area is 329 Å². The van der Waals surface area contributed by atoms with Crippen LogP contribution in [0.25, 0.3) is 10.9 Å². The van der Waals surface area contributed by atoms with E-state index in [1.54, 1.807) is 28.5 Å². The molecule has 0 saturated carbocycles. The van der Waals surface area contributed by atoms with Gasteiger partial charge in [0.05, 0.1) is 26.4 Å². The van der Waals surface area contributed by atoms with E-state index >= 15 is 13.2 Å². The molecule has 1 fully saturated rings. The number of piperidine rings is 1. The van der Waals surface area contributed by atoms with Crippen molar-refractivity contribution in [2.75, 3.05) is 40.5 Å². The Morgan fingerprint density at radius 3 is 2.05 bits per heavy atom. The van der Waals surface area contributed by atoms with Crippen LogP contribution in [-0.2, 0) is 39.4 Å². The number of aryl methyl sites for hydroxylation is 1. The molecule has 10 nitrogen and oxygen atoms in total. The van der Waals surface area contributed by atoms with Crippen LogP contribution in [0.4, 0.5) is 13.2 Å². The lowest BCUT2D eigenvalue weighted by Gasteiger charge is -2.39. The van der Waals surface area contributed by atoms with Gasteiger partial charge < -0.3 is 33.4 Å². The highest BCUT2D eigenvalue weighted by Gasteiger charge is 2.57. The number of ether oxygens (including phenoxy) is 5. The average molecular weight is 789 g/mol. The Kier molecular flexibility index (Phi) is 13.1. The fourth-order valence-electron chi connectivity index (χ4n) is 7.14. The third-order valence-electron chi connectivity index (χ3n) is 10.2. The van der Waals surface area contributed by atoms with Gasteiger partial charge in [-0.05, 0) is 67.1 Å². The maximum atomic E-state index is 15.2. The SMILES string of the molecule is CCOC(=O)CCc1cc(OC)c(OC2CCN(CC(O)(c3cn(Cc4ccccc4)c4cc(C(=O)OCc5ccccc5)ccc34)C(F)(F)F)CC2)c(OC)c1. The predicted octanol–water partition coefficient (Wildman–Crippen LogP) is 7.85. The molecule has 1 aliphatic heterocycles. The standard InChI is InChI=1S/C44H47F3N2O8/c1-4-55-40(50)18-15-32-23-38(53-2)41(39(24-32)54-3)57-34-19-21-48(22-20-34)29-43(52,44(45,46)47)36-27-49(26-30-11-7-5-8-12-30)37-25-33(16-17-35(36)37)42(51)56-28-31-13-9-6-10-14-31/h5-14,16-17,23-25,27,34,52H,4,15,18-22,26,28-29H2,1-3H3. The van der Waals surface area contributed by atoms with Gasteiger partial charge in [-0.15, -0.1) is 0 Å². The molecule has 57 heavy (non-hydrogen) atoms. The topological polar surface area (TPSA) is 109 Å². The van der Waals surface area contributed by atoms with Gasteiger partial charge in [0.25, 0.3) is 0 Å². The highest BCUT2D eigenvalue weighted by molar-refractivity contribution is 5.96. The Morgan fingerprint density at radius 1 is 0.825 bits per heavy atom. The number of rotatable bonds is 16. The maximum absolute atomic E-state index is 15.2. The van der Waals surface area contributed by atoms with E-state index in [4.69, 9.17) is 23.7 Å². The molecule has 1 aliphatic rings. The molecule has 1 N–H and O–H groups in total. The number of nitrogens with zero attached hydrogens (tertiary/aromatic N) is 2. The van der Waals surface area contributed by atoms with Crippen molar-refractivity contribution in [3.63, 3.8) is 0 Å². The molecule has 0 amide bonds. The van der Waals surface area contributed by atoms with Crippen LogP contribution >= 0.6 is 0 Å². The fraction of sp³-hybridized carbons (Fsp3) is 0.364. The molecule has 0 bridgehead atoms. The molecule has 0 radical (unpaired) electrons. The highest BCUT2D eigenvalue weighted by Crippen LogP contribution is 2.45. The van der Waals surface area contributed by atoms with Crippen LogP contribution < -0.4 is 14.2 Å². The van der Waals surface area contributed by atoms with E-state index in [-0.39, 0.29) is 61.2 Å². The summed E-state index contributed by atoms with van der Waals surface area (Å²) in [5.41, 5.74) is -0.611. The van der Waals surface area contributed by atoms with E-state index in [9.17, 15) is 14.7 Å². The lowest BCUT2D eigenvalue weighted by Crippen LogP contribution is -2.53. The summed E-state index contributed by atoms with van der Waals surface area (Å²) in [6.07, 6.45) is -2.75. The summed E-state index contributed by atoms with van der Waals surface area (Å²) in [5, 5.41) is 12.0. The quantitative estimate of drug-likeness (QED) is 0.100. The minimum absolute atomic E-state index is 0.0372. The number of aliphatic hydroxyl groups is 1. The molecule has 0 spiro atoms. The molecule has 6 rings (SSSR count). The van der Waals surface area contributed by atoms with Crippen molar-refractivity contribution in [2.24, 2.45) is 0 Å². The summed E-state index contributed by atoms with van der Waals surface area (Å²) in [6.45, 7) is 2.00. The molecular weight excluding hydrogens is 741 g/mol. The van der Waals surface area contributed by atoms with Gasteiger partial charge in [0.2, 0.25) is 11.4 Å². The van der Waals surface area contributed by atoms with Crippen LogP contribution in [0.15, 0.2) is 97.2 Å². The first-order chi connectivity index (χ1) is 27.4. The van der Waals surface area contributed by atoms with Crippen LogP contribution in [0.2, 0.25) is 0 Å². The first-order valence-electron chi connectivity index (χ1n) is 18.9. The summed E-state index contributed by atoms with van der Waals surface area (Å²) in [7, 11) is 2.99. The summed E-state index contributed by atoms with van der Waals surface area (Å²) in [5.74, 6) is 0.234. The number of alkyl halides is 3.